The van der Waals surface area contributed by atoms with Crippen molar-refractivity contribution in [2.24, 2.45) is 0 Å². The van der Waals surface area contributed by atoms with Gasteiger partial charge in [0.05, 0.1) is 13.4 Å². The van der Waals surface area contributed by atoms with Crippen molar-refractivity contribution in [1.29, 1.82) is 0 Å². The average Bonchev–Trinajstić information content (AvgIpc) is 3.32. The third kappa shape index (κ3) is 34.8. The summed E-state index contributed by atoms with van der Waals surface area (Å²) in [6.45, 7) is 5.23. The molecule has 0 spiro atoms. The fraction of sp³-hybridized carbons (Fsp3) is 0.417. The van der Waals surface area contributed by atoms with Crippen LogP contribution >= 0.6 is 0 Å². The zero-order valence-electron chi connectivity index (χ0n) is 20.4. The largest absolute Gasteiger partial charge is 0.478 e. The second-order valence-electron chi connectivity index (χ2n) is 6.63. The maximum Gasteiger partial charge on any atom is 0.371 e. The van der Waals surface area contributed by atoms with Crippen LogP contribution in [0.2, 0.25) is 0 Å². The molecule has 11 heteroatoms. The highest BCUT2D eigenvalue weighted by molar-refractivity contribution is 5.94. The highest BCUT2D eigenvalue weighted by atomic mass is 16.5. The van der Waals surface area contributed by atoms with E-state index in [-0.39, 0.29) is 11.5 Å². The van der Waals surface area contributed by atoms with E-state index in [1.807, 2.05) is 0 Å². The van der Waals surface area contributed by atoms with Crippen LogP contribution in [0.4, 0.5) is 0 Å². The monoisotopic (exact) mass is 498 g/mol. The molecule has 1 rings (SSSR count). The number of ether oxygens (including phenoxy) is 1. The van der Waals surface area contributed by atoms with Crippen molar-refractivity contribution in [3.8, 4) is 0 Å². The van der Waals surface area contributed by atoms with Gasteiger partial charge in [-0.2, -0.15) is 0 Å². The number of esters is 1. The molecule has 0 aliphatic carbocycles. The number of aliphatic carboxylic acids is 2. The summed E-state index contributed by atoms with van der Waals surface area (Å²) in [6.07, 6.45) is 11.7. The minimum absolute atomic E-state index is 0.0231. The van der Waals surface area contributed by atoms with Gasteiger partial charge in [0, 0.05) is 24.6 Å². The van der Waals surface area contributed by atoms with Crippen molar-refractivity contribution >= 4 is 35.4 Å². The molecule has 35 heavy (non-hydrogen) atoms. The minimum atomic E-state index is -1.26. The van der Waals surface area contributed by atoms with Crippen LogP contribution in [0.3, 0.4) is 0 Å². The van der Waals surface area contributed by atoms with Crippen molar-refractivity contribution in [3.05, 3.63) is 48.5 Å². The first-order valence-electron chi connectivity index (χ1n) is 10.5. The van der Waals surface area contributed by atoms with Gasteiger partial charge in [-0.25, -0.2) is 19.2 Å². The molecule has 0 amide bonds. The van der Waals surface area contributed by atoms with E-state index in [9.17, 15) is 28.8 Å². The van der Waals surface area contributed by atoms with Crippen molar-refractivity contribution in [1.82, 2.24) is 0 Å². The first-order chi connectivity index (χ1) is 16.4. The van der Waals surface area contributed by atoms with E-state index in [1.54, 1.807) is 6.92 Å². The van der Waals surface area contributed by atoms with Gasteiger partial charge in [0.2, 0.25) is 5.76 Å². The Balaban J connectivity index is -0.000000391. The molecular weight excluding hydrogens is 464 g/mol. The lowest BCUT2D eigenvalue weighted by molar-refractivity contribution is -0.135. The summed E-state index contributed by atoms with van der Waals surface area (Å²) in [6, 6.07) is 2.92. The zero-order chi connectivity index (χ0) is 27.6. The molecular formula is C24H34O11. The van der Waals surface area contributed by atoms with Gasteiger partial charge in [-0.1, -0.05) is 32.6 Å². The summed E-state index contributed by atoms with van der Waals surface area (Å²) < 4.78 is 8.72. The number of methoxy groups -OCH3 is 1. The van der Waals surface area contributed by atoms with Crippen LogP contribution in [-0.2, 0) is 28.7 Å². The van der Waals surface area contributed by atoms with E-state index in [1.165, 1.54) is 58.1 Å². The molecule has 3 N–H and O–H groups in total. The molecule has 0 aromatic carbocycles. The Labute approximate surface area is 204 Å². The molecule has 0 saturated carbocycles. The second-order valence-corrected chi connectivity index (χ2v) is 6.63. The van der Waals surface area contributed by atoms with Gasteiger partial charge in [0.15, 0.2) is 5.78 Å². The standard InChI is InChI=1S/C9H18O.C6H8O3.C5H4O3.C4H4O4/c1-3-4-5-6-7-8-9(2)10;1-5(7)3-4-6(8)9-2;6-5(7)4-2-1-3-8-4;5-3(6)1-2-4(7)8/h3-8H2,1-2H3;3-4H,1-2H3;1-3H,(H,6,7);1-2H,(H,5,6)(H,7,8)/b;4-3+;;2-1+. The predicted octanol–water partition coefficient (Wildman–Crippen LogP) is 3.93. The van der Waals surface area contributed by atoms with Crippen molar-refractivity contribution < 1.29 is 53.2 Å². The minimum Gasteiger partial charge on any atom is -0.478 e. The maximum absolute atomic E-state index is 10.5. The summed E-state index contributed by atoms with van der Waals surface area (Å²) in [5, 5.41) is 23.8. The summed E-state index contributed by atoms with van der Waals surface area (Å²) >= 11 is 0. The molecule has 0 bridgehead atoms. The van der Waals surface area contributed by atoms with Gasteiger partial charge in [0.25, 0.3) is 0 Å². The molecule has 0 atom stereocenters. The van der Waals surface area contributed by atoms with Crippen molar-refractivity contribution in [2.45, 2.75) is 59.3 Å². The van der Waals surface area contributed by atoms with Crippen LogP contribution in [0.5, 0.6) is 0 Å². The smallest absolute Gasteiger partial charge is 0.371 e. The normalized spacial score (nSPS) is 9.49. The number of Topliss-reactive ketones (excluding diaryl/α,β-unsaturated/α-hetero) is 1. The van der Waals surface area contributed by atoms with E-state index in [4.69, 9.17) is 15.3 Å². The number of carbonyl (C=O) groups is 6. The third-order valence-electron chi connectivity index (χ3n) is 3.39. The third-order valence-corrected chi connectivity index (χ3v) is 3.39. The Morgan fingerprint density at radius 2 is 1.40 bits per heavy atom. The van der Waals surface area contributed by atoms with E-state index in [0.29, 0.717) is 17.9 Å². The number of rotatable bonds is 11. The van der Waals surface area contributed by atoms with E-state index in [2.05, 4.69) is 16.1 Å². The van der Waals surface area contributed by atoms with Gasteiger partial charge in [0.1, 0.15) is 5.78 Å². The number of carboxylic acids is 3. The van der Waals surface area contributed by atoms with Crippen molar-refractivity contribution in [2.75, 3.05) is 7.11 Å². The highest BCUT2D eigenvalue weighted by Gasteiger charge is 2.01. The highest BCUT2D eigenvalue weighted by Crippen LogP contribution is 2.04. The molecule has 1 heterocycles. The van der Waals surface area contributed by atoms with Gasteiger partial charge in [-0.05, 0) is 38.5 Å². The lowest BCUT2D eigenvalue weighted by Crippen LogP contribution is -1.95. The second kappa shape index (κ2) is 24.6. The molecule has 1 aromatic heterocycles. The molecule has 196 valence electrons. The number of furan rings is 1. The van der Waals surface area contributed by atoms with Crippen LogP contribution in [0.25, 0.3) is 0 Å². The Morgan fingerprint density at radius 1 is 0.857 bits per heavy atom. The van der Waals surface area contributed by atoms with Crippen LogP contribution in [0.15, 0.2) is 47.1 Å². The fourth-order valence-electron chi connectivity index (χ4n) is 1.77. The van der Waals surface area contributed by atoms with Gasteiger partial charge >= 0.3 is 23.9 Å². The quantitative estimate of drug-likeness (QED) is 0.228. The van der Waals surface area contributed by atoms with Crippen LogP contribution < -0.4 is 0 Å². The number of unbranched alkanes of at least 4 members (excludes halogenated alkanes) is 4. The Hall–Kier alpha value is -4.02. The first-order valence-corrected chi connectivity index (χ1v) is 10.5. The molecule has 0 aliphatic rings. The SMILES string of the molecule is CCCCCCCC(C)=O.COC(=O)/C=C/C(C)=O.O=C(O)/C=C/C(=O)O.O=C(O)c1ccco1. The van der Waals surface area contributed by atoms with Gasteiger partial charge < -0.3 is 29.3 Å². The van der Waals surface area contributed by atoms with E-state index in [0.717, 1.165) is 25.0 Å². The first kappa shape index (κ1) is 35.6. The summed E-state index contributed by atoms with van der Waals surface area (Å²) in [7, 11) is 1.26. The van der Waals surface area contributed by atoms with Crippen LogP contribution in [0, 0.1) is 0 Å². The Morgan fingerprint density at radius 3 is 1.71 bits per heavy atom. The average molecular weight is 499 g/mol. The van der Waals surface area contributed by atoms with Gasteiger partial charge in [-0.3, -0.25) is 4.79 Å². The predicted molar refractivity (Wildman–Crippen MR) is 126 cm³/mol. The Bertz CT molecular complexity index is 803. The van der Waals surface area contributed by atoms with Crippen LogP contribution in [-0.4, -0.2) is 57.9 Å². The van der Waals surface area contributed by atoms with Crippen LogP contribution in [0.1, 0.15) is 69.9 Å². The molecule has 1 aromatic rings. The zero-order valence-corrected chi connectivity index (χ0v) is 20.4. The lowest BCUT2D eigenvalue weighted by atomic mass is 10.1. The molecule has 0 unspecified atom stereocenters. The molecule has 11 nitrogen and oxygen atoms in total. The number of carboxylic acid groups (broad SMARTS) is 3. The maximum atomic E-state index is 10.5. The van der Waals surface area contributed by atoms with Gasteiger partial charge in [-0.15, -0.1) is 0 Å². The van der Waals surface area contributed by atoms with E-state index < -0.39 is 23.9 Å². The Kier molecular flexibility index (Phi) is 25.0. The number of allylic oxidation sites excluding steroid dienone is 1. The van der Waals surface area contributed by atoms with E-state index >= 15 is 0 Å². The molecule has 0 aliphatic heterocycles. The number of hydrogen-bond acceptors (Lipinski definition) is 8. The molecule has 0 saturated heterocycles. The van der Waals surface area contributed by atoms with Crippen molar-refractivity contribution in [3.63, 3.8) is 0 Å². The topological polar surface area (TPSA) is 185 Å². The summed E-state index contributed by atoms with van der Waals surface area (Å²) in [4.78, 5) is 60.0. The summed E-state index contributed by atoms with van der Waals surface area (Å²) in [5.74, 6) is -3.91. The fourth-order valence-corrected chi connectivity index (χ4v) is 1.77. The molecule has 0 radical (unpaired) electrons. The number of aromatic carboxylic acids is 1. The lowest BCUT2D eigenvalue weighted by Gasteiger charge is -1.95. The number of hydrogen-bond donors (Lipinski definition) is 3. The number of carbonyl (C=O) groups excluding carboxylic acids is 3. The molecule has 0 fully saturated rings. The number of ketones is 2. The summed E-state index contributed by atoms with van der Waals surface area (Å²) in [5.41, 5.74) is 0.